The summed E-state index contributed by atoms with van der Waals surface area (Å²) in [5.41, 5.74) is 2.46. The molecule has 0 saturated heterocycles. The number of carbonyl (C=O) groups is 1. The molecule has 10 heteroatoms. The Morgan fingerprint density at radius 3 is 2.90 bits per heavy atom. The van der Waals surface area contributed by atoms with Gasteiger partial charge in [-0.25, -0.2) is 4.98 Å². The molecular formula is C19H15ClN4O3S2. The minimum atomic E-state index is -0.172. The number of nitrogens with zero attached hydrogens (tertiary/aromatic N) is 3. The zero-order valence-electron chi connectivity index (χ0n) is 15.2. The fraction of sp³-hybridized carbons (Fsp3) is 0.158. The Morgan fingerprint density at radius 2 is 2.14 bits per heavy atom. The molecule has 4 rings (SSSR count). The van der Waals surface area contributed by atoms with Crippen molar-refractivity contribution in [3.05, 3.63) is 51.3 Å². The zero-order valence-corrected chi connectivity index (χ0v) is 17.6. The monoisotopic (exact) mass is 446 g/mol. The number of nitrogens with one attached hydrogen (secondary N) is 1. The molecule has 0 unspecified atom stereocenters. The number of benzene rings is 1. The molecule has 0 aliphatic carbocycles. The molecule has 0 bridgehead atoms. The van der Waals surface area contributed by atoms with Crippen LogP contribution in [0.25, 0.3) is 22.7 Å². The molecule has 7 nitrogen and oxygen atoms in total. The van der Waals surface area contributed by atoms with Gasteiger partial charge < -0.3 is 14.5 Å². The highest BCUT2D eigenvalue weighted by atomic mass is 35.5. The van der Waals surface area contributed by atoms with E-state index in [1.165, 1.54) is 11.3 Å². The Hall–Kier alpha value is -2.75. The highest BCUT2D eigenvalue weighted by molar-refractivity contribution is 7.14. The lowest BCUT2D eigenvalue weighted by Crippen LogP contribution is -2.12. The van der Waals surface area contributed by atoms with E-state index in [-0.39, 0.29) is 12.3 Å². The second-order valence-corrected chi connectivity index (χ2v) is 7.99. The molecule has 148 valence electrons. The van der Waals surface area contributed by atoms with E-state index in [2.05, 4.69) is 20.5 Å². The van der Waals surface area contributed by atoms with Gasteiger partial charge in [-0.15, -0.1) is 21.5 Å². The molecule has 0 spiro atoms. The van der Waals surface area contributed by atoms with E-state index in [9.17, 15) is 4.79 Å². The van der Waals surface area contributed by atoms with E-state index >= 15 is 0 Å². The number of ether oxygens (including phenoxy) is 1. The maximum Gasteiger partial charge on any atom is 0.248 e. The summed E-state index contributed by atoms with van der Waals surface area (Å²) in [6, 6.07) is 7.34. The van der Waals surface area contributed by atoms with Crippen LogP contribution in [0.3, 0.4) is 0 Å². The molecule has 3 heterocycles. The van der Waals surface area contributed by atoms with Gasteiger partial charge in [0.2, 0.25) is 17.7 Å². The van der Waals surface area contributed by atoms with Crippen molar-refractivity contribution in [3.8, 4) is 28.5 Å². The molecule has 3 aromatic heterocycles. The minimum absolute atomic E-state index is 0.172. The second kappa shape index (κ2) is 8.73. The number of anilines is 1. The molecule has 0 radical (unpaired) electrons. The summed E-state index contributed by atoms with van der Waals surface area (Å²) in [7, 11) is 1.56. The van der Waals surface area contributed by atoms with Gasteiger partial charge >= 0.3 is 0 Å². The predicted octanol–water partition coefficient (Wildman–Crippen LogP) is 5.15. The van der Waals surface area contributed by atoms with Crippen molar-refractivity contribution in [3.63, 3.8) is 0 Å². The van der Waals surface area contributed by atoms with Gasteiger partial charge in [0.05, 0.1) is 17.8 Å². The SMILES string of the molecule is COc1ccc(-c2csc(NC(=O)CCc3nnc(-c4ccsc4)o3)n2)cc1Cl. The molecule has 0 saturated carbocycles. The van der Waals surface area contributed by atoms with Gasteiger partial charge in [0.1, 0.15) is 5.75 Å². The average Bonchev–Trinajstić information content (AvgIpc) is 3.47. The second-order valence-electron chi connectivity index (χ2n) is 5.95. The van der Waals surface area contributed by atoms with E-state index in [0.717, 1.165) is 16.8 Å². The molecule has 1 aromatic carbocycles. The van der Waals surface area contributed by atoms with Crippen LogP contribution in [0, 0.1) is 0 Å². The van der Waals surface area contributed by atoms with Crippen molar-refractivity contribution in [2.45, 2.75) is 12.8 Å². The third-order valence-corrected chi connectivity index (χ3v) is 5.74. The lowest BCUT2D eigenvalue weighted by atomic mass is 10.2. The summed E-state index contributed by atoms with van der Waals surface area (Å²) in [6.07, 6.45) is 0.573. The van der Waals surface area contributed by atoms with Crippen LogP contribution in [0.2, 0.25) is 5.02 Å². The van der Waals surface area contributed by atoms with Crippen molar-refractivity contribution in [2.24, 2.45) is 0 Å². The molecule has 0 fully saturated rings. The number of amides is 1. The number of thiophene rings is 1. The van der Waals surface area contributed by atoms with Crippen LogP contribution >= 0.6 is 34.3 Å². The first kappa shape index (κ1) is 19.6. The third-order valence-electron chi connectivity index (χ3n) is 4.00. The summed E-state index contributed by atoms with van der Waals surface area (Å²) < 4.78 is 10.7. The Labute approximate surface area is 179 Å². The van der Waals surface area contributed by atoms with Crippen molar-refractivity contribution < 1.29 is 13.9 Å². The summed E-state index contributed by atoms with van der Waals surface area (Å²) in [4.78, 5) is 16.7. The van der Waals surface area contributed by atoms with Gasteiger partial charge in [-0.05, 0) is 29.6 Å². The number of methoxy groups -OCH3 is 1. The Balaban J connectivity index is 1.34. The molecule has 0 atom stereocenters. The van der Waals surface area contributed by atoms with Crippen molar-refractivity contribution in [1.29, 1.82) is 0 Å². The van der Waals surface area contributed by atoms with Crippen molar-refractivity contribution in [2.75, 3.05) is 12.4 Å². The van der Waals surface area contributed by atoms with Gasteiger partial charge in [-0.2, -0.15) is 11.3 Å². The first-order valence-corrected chi connectivity index (χ1v) is 10.8. The maximum atomic E-state index is 12.2. The standard InChI is InChI=1S/C19H15ClN4O3S2/c1-26-15-3-2-11(8-13(15)20)14-10-29-19(21-14)22-16(25)4-5-17-23-24-18(27-17)12-6-7-28-9-12/h2-3,6-10H,4-5H2,1H3,(H,21,22,25). The largest absolute Gasteiger partial charge is 0.495 e. The Morgan fingerprint density at radius 1 is 1.24 bits per heavy atom. The normalized spacial score (nSPS) is 10.8. The van der Waals surface area contributed by atoms with Crippen LogP contribution in [-0.2, 0) is 11.2 Å². The van der Waals surface area contributed by atoms with E-state index < -0.39 is 0 Å². The van der Waals surface area contributed by atoms with Crippen LogP contribution in [0.4, 0.5) is 5.13 Å². The van der Waals surface area contributed by atoms with Crippen molar-refractivity contribution >= 4 is 45.3 Å². The fourth-order valence-corrected chi connectivity index (χ4v) is 4.17. The lowest BCUT2D eigenvalue weighted by Gasteiger charge is -2.04. The lowest BCUT2D eigenvalue weighted by molar-refractivity contribution is -0.116. The number of aromatic nitrogens is 3. The van der Waals surface area contributed by atoms with E-state index in [1.807, 2.05) is 28.3 Å². The van der Waals surface area contributed by atoms with Crippen LogP contribution in [0.5, 0.6) is 5.75 Å². The Bertz CT molecular complexity index is 1120. The van der Waals surface area contributed by atoms with Crippen molar-refractivity contribution in [1.82, 2.24) is 15.2 Å². The number of hydrogen-bond donors (Lipinski definition) is 1. The number of halogens is 1. The summed E-state index contributed by atoms with van der Waals surface area (Å²) in [5, 5.41) is 17.5. The fourth-order valence-electron chi connectivity index (χ4n) is 2.55. The van der Waals surface area contributed by atoms with E-state index in [4.69, 9.17) is 20.8 Å². The van der Waals surface area contributed by atoms with Crippen LogP contribution in [-0.4, -0.2) is 28.2 Å². The molecule has 1 N–H and O–H groups in total. The number of carbonyl (C=O) groups excluding carboxylic acids is 1. The number of aryl methyl sites for hydroxylation is 1. The topological polar surface area (TPSA) is 90.1 Å². The first-order valence-electron chi connectivity index (χ1n) is 8.56. The third kappa shape index (κ3) is 4.64. The molecule has 29 heavy (non-hydrogen) atoms. The van der Waals surface area contributed by atoms with Gasteiger partial charge in [-0.1, -0.05) is 11.6 Å². The highest BCUT2D eigenvalue weighted by Crippen LogP contribution is 2.31. The van der Waals surface area contributed by atoms with Gasteiger partial charge in [0.25, 0.3) is 0 Å². The van der Waals surface area contributed by atoms with E-state index in [0.29, 0.717) is 34.1 Å². The quantitative estimate of drug-likeness (QED) is 0.422. The van der Waals surface area contributed by atoms with Gasteiger partial charge in [-0.3, -0.25) is 4.79 Å². The summed E-state index contributed by atoms with van der Waals surface area (Å²) >= 11 is 9.07. The first-order chi connectivity index (χ1) is 14.1. The number of thiazole rings is 1. The minimum Gasteiger partial charge on any atom is -0.495 e. The zero-order chi connectivity index (χ0) is 20.2. The van der Waals surface area contributed by atoms with Crippen LogP contribution in [0.1, 0.15) is 12.3 Å². The van der Waals surface area contributed by atoms with Gasteiger partial charge in [0, 0.05) is 34.7 Å². The molecular weight excluding hydrogens is 432 g/mol. The molecule has 0 aliphatic rings. The molecule has 1 amide bonds. The van der Waals surface area contributed by atoms with Gasteiger partial charge in [0.15, 0.2) is 5.13 Å². The highest BCUT2D eigenvalue weighted by Gasteiger charge is 2.13. The molecule has 4 aromatic rings. The number of rotatable bonds is 7. The smallest absolute Gasteiger partial charge is 0.248 e. The Kier molecular flexibility index (Phi) is 5.89. The number of hydrogen-bond acceptors (Lipinski definition) is 8. The van der Waals surface area contributed by atoms with Crippen LogP contribution < -0.4 is 10.1 Å². The summed E-state index contributed by atoms with van der Waals surface area (Å²) in [5.74, 6) is 1.31. The average molecular weight is 447 g/mol. The predicted molar refractivity (Wildman–Crippen MR) is 114 cm³/mol. The summed E-state index contributed by atoms with van der Waals surface area (Å²) in [6.45, 7) is 0. The van der Waals surface area contributed by atoms with E-state index in [1.54, 1.807) is 30.6 Å². The maximum absolute atomic E-state index is 12.2. The van der Waals surface area contributed by atoms with Crippen LogP contribution in [0.15, 0.2) is 44.8 Å². The molecule has 0 aliphatic heterocycles.